The molecule has 3 rings (SSSR count). The number of benzene rings is 1. The molecule has 26 heavy (non-hydrogen) atoms. The molecule has 0 bridgehead atoms. The number of aryl methyl sites for hydroxylation is 1. The van der Waals surface area contributed by atoms with Gasteiger partial charge in [0.2, 0.25) is 5.55 Å². The third kappa shape index (κ3) is 3.52. The van der Waals surface area contributed by atoms with Crippen LogP contribution >= 0.6 is 11.3 Å². The average Bonchev–Trinajstić information content (AvgIpc) is 3.04. The lowest BCUT2D eigenvalue weighted by atomic mass is 10.1. The molecule has 1 amide bonds. The fraction of sp³-hybridized carbons (Fsp3) is 0.211. The number of ether oxygens (including phenoxy) is 1. The molecule has 2 aromatic heterocycles. The zero-order chi connectivity index (χ0) is 18.7. The number of hydrogen-bond donors (Lipinski definition) is 2. The van der Waals surface area contributed by atoms with Crippen LogP contribution in [0.1, 0.15) is 39.4 Å². The molecule has 0 radical (unpaired) electrons. The van der Waals surface area contributed by atoms with E-state index < -0.39 is 11.9 Å². The molecule has 0 aliphatic heterocycles. The summed E-state index contributed by atoms with van der Waals surface area (Å²) in [4.78, 5) is 25.8. The number of esters is 1. The Morgan fingerprint density at radius 2 is 1.96 bits per heavy atom. The van der Waals surface area contributed by atoms with Crippen LogP contribution in [-0.4, -0.2) is 18.5 Å². The Morgan fingerprint density at radius 3 is 2.69 bits per heavy atom. The number of rotatable bonds is 5. The quantitative estimate of drug-likeness (QED) is 0.665. The number of carbonyl (C=O) groups excluding carboxylic acids is 2. The highest BCUT2D eigenvalue weighted by Gasteiger charge is 2.20. The maximum atomic E-state index is 12.7. The summed E-state index contributed by atoms with van der Waals surface area (Å²) in [5.41, 5.74) is 0.730. The lowest BCUT2D eigenvalue weighted by Gasteiger charge is -2.07. The van der Waals surface area contributed by atoms with Crippen molar-refractivity contribution in [3.05, 3.63) is 58.0 Å². The van der Waals surface area contributed by atoms with E-state index in [0.29, 0.717) is 16.1 Å². The highest BCUT2D eigenvalue weighted by Crippen LogP contribution is 2.29. The van der Waals surface area contributed by atoms with Gasteiger partial charge in [0, 0.05) is 10.3 Å². The van der Waals surface area contributed by atoms with Crippen molar-refractivity contribution in [3.63, 3.8) is 0 Å². The summed E-state index contributed by atoms with van der Waals surface area (Å²) in [6.45, 7) is 3.95. The van der Waals surface area contributed by atoms with E-state index in [-0.39, 0.29) is 17.7 Å². The van der Waals surface area contributed by atoms with Crippen molar-refractivity contribution in [1.82, 2.24) is 0 Å². The molecule has 6 nitrogen and oxygen atoms in total. The minimum absolute atomic E-state index is 0.102. The first-order valence-electron chi connectivity index (χ1n) is 8.22. The van der Waals surface area contributed by atoms with E-state index in [4.69, 9.17) is 14.6 Å². The Balaban J connectivity index is 1.95. The highest BCUT2D eigenvalue weighted by atomic mass is 32.1. The van der Waals surface area contributed by atoms with Gasteiger partial charge in [0.1, 0.15) is 16.1 Å². The highest BCUT2D eigenvalue weighted by molar-refractivity contribution is 7.16. The molecule has 0 saturated heterocycles. The third-order valence-electron chi connectivity index (χ3n) is 3.77. The molecular weight excluding hydrogens is 352 g/mol. The van der Waals surface area contributed by atoms with Crippen molar-refractivity contribution in [2.24, 2.45) is 0 Å². The first kappa shape index (κ1) is 17.9. The summed E-state index contributed by atoms with van der Waals surface area (Å²) in [6.07, 6.45) is 0.738. The minimum Gasteiger partial charge on any atom is -0.462 e. The van der Waals surface area contributed by atoms with Crippen LogP contribution in [0, 0.1) is 5.41 Å². The van der Waals surface area contributed by atoms with Crippen molar-refractivity contribution in [2.75, 3.05) is 11.9 Å². The number of anilines is 1. The van der Waals surface area contributed by atoms with Crippen molar-refractivity contribution < 1.29 is 18.7 Å². The molecule has 0 spiro atoms. The zero-order valence-corrected chi connectivity index (χ0v) is 15.2. The van der Waals surface area contributed by atoms with Gasteiger partial charge in [0.25, 0.3) is 5.91 Å². The standard InChI is InChI=1S/C19H18N2O4S/c1-3-12-10-14(19(23)24-4-2)18(26-12)21-17(22)13-9-11-7-5-6-8-15(11)25-16(13)20/h5-10,20H,3-4H2,1-2H3,(H,21,22). The summed E-state index contributed by atoms with van der Waals surface area (Å²) in [5.74, 6) is -0.979. The molecule has 0 aliphatic rings. The predicted molar refractivity (Wildman–Crippen MR) is 99.7 cm³/mol. The normalized spacial score (nSPS) is 10.7. The smallest absolute Gasteiger partial charge is 0.341 e. The predicted octanol–water partition coefficient (Wildman–Crippen LogP) is 3.97. The van der Waals surface area contributed by atoms with Gasteiger partial charge < -0.3 is 14.5 Å². The Morgan fingerprint density at radius 1 is 1.19 bits per heavy atom. The minimum atomic E-state index is -0.500. The zero-order valence-electron chi connectivity index (χ0n) is 14.4. The van der Waals surface area contributed by atoms with E-state index in [1.807, 2.05) is 13.0 Å². The van der Waals surface area contributed by atoms with Gasteiger partial charge in [-0.2, -0.15) is 0 Å². The first-order chi connectivity index (χ1) is 12.5. The first-order valence-corrected chi connectivity index (χ1v) is 9.03. The van der Waals surface area contributed by atoms with Crippen LogP contribution in [0.3, 0.4) is 0 Å². The molecule has 7 heteroatoms. The number of para-hydroxylation sites is 1. The van der Waals surface area contributed by atoms with Gasteiger partial charge in [-0.15, -0.1) is 11.3 Å². The van der Waals surface area contributed by atoms with Crippen molar-refractivity contribution >= 4 is 39.2 Å². The van der Waals surface area contributed by atoms with Gasteiger partial charge in [-0.1, -0.05) is 25.1 Å². The Bertz CT molecular complexity index is 1040. The third-order valence-corrected chi connectivity index (χ3v) is 4.97. The summed E-state index contributed by atoms with van der Waals surface area (Å²) in [7, 11) is 0. The number of thiophene rings is 1. The largest absolute Gasteiger partial charge is 0.462 e. The molecule has 0 fully saturated rings. The second-order valence-corrected chi connectivity index (χ2v) is 6.65. The molecule has 0 saturated carbocycles. The summed E-state index contributed by atoms with van der Waals surface area (Å²) in [6, 6.07) is 10.5. The van der Waals surface area contributed by atoms with Crippen molar-refractivity contribution in [1.29, 1.82) is 5.41 Å². The molecule has 0 unspecified atom stereocenters. The van der Waals surface area contributed by atoms with E-state index in [9.17, 15) is 9.59 Å². The number of fused-ring (bicyclic) bond motifs is 1. The Hall–Kier alpha value is -2.93. The molecule has 2 heterocycles. The van der Waals surface area contributed by atoms with Crippen LogP contribution < -0.4 is 10.9 Å². The van der Waals surface area contributed by atoms with Crippen LogP contribution in [0.2, 0.25) is 0 Å². The van der Waals surface area contributed by atoms with Crippen molar-refractivity contribution in [3.8, 4) is 0 Å². The topological polar surface area (TPSA) is 92.4 Å². The van der Waals surface area contributed by atoms with Crippen LogP contribution in [-0.2, 0) is 11.2 Å². The van der Waals surface area contributed by atoms with E-state index >= 15 is 0 Å². The number of hydrogen-bond acceptors (Lipinski definition) is 6. The fourth-order valence-electron chi connectivity index (χ4n) is 2.49. The maximum absolute atomic E-state index is 12.7. The fourth-order valence-corrected chi connectivity index (χ4v) is 3.47. The lowest BCUT2D eigenvalue weighted by Crippen LogP contribution is -2.21. The van der Waals surface area contributed by atoms with Gasteiger partial charge in [-0.3, -0.25) is 10.2 Å². The van der Waals surface area contributed by atoms with Gasteiger partial charge in [0.15, 0.2) is 0 Å². The lowest BCUT2D eigenvalue weighted by molar-refractivity contribution is 0.0528. The van der Waals surface area contributed by atoms with Gasteiger partial charge in [-0.05, 0) is 31.5 Å². The van der Waals surface area contributed by atoms with Crippen LogP contribution in [0.25, 0.3) is 11.0 Å². The van der Waals surface area contributed by atoms with E-state index in [1.54, 1.807) is 37.3 Å². The van der Waals surface area contributed by atoms with E-state index in [0.717, 1.165) is 16.7 Å². The second-order valence-electron chi connectivity index (χ2n) is 5.51. The monoisotopic (exact) mass is 370 g/mol. The summed E-state index contributed by atoms with van der Waals surface area (Å²) >= 11 is 1.32. The molecular formula is C19H18N2O4S. The Labute approximate surface area is 153 Å². The number of nitrogens with one attached hydrogen (secondary N) is 2. The van der Waals surface area contributed by atoms with E-state index in [2.05, 4.69) is 5.32 Å². The number of amides is 1. The summed E-state index contributed by atoms with van der Waals surface area (Å²) < 4.78 is 10.5. The van der Waals surface area contributed by atoms with Gasteiger partial charge in [0.05, 0.1) is 12.2 Å². The van der Waals surface area contributed by atoms with Gasteiger partial charge >= 0.3 is 5.97 Å². The molecule has 0 atom stereocenters. The average molecular weight is 370 g/mol. The SMILES string of the molecule is CCOC(=O)c1cc(CC)sc1NC(=O)c1cc2ccccc2oc1=N. The summed E-state index contributed by atoms with van der Waals surface area (Å²) in [5, 5.41) is 11.8. The number of carbonyl (C=O) groups is 2. The van der Waals surface area contributed by atoms with Crippen molar-refractivity contribution in [2.45, 2.75) is 20.3 Å². The molecule has 1 aromatic carbocycles. The van der Waals surface area contributed by atoms with Crippen LogP contribution in [0.5, 0.6) is 0 Å². The molecule has 134 valence electrons. The maximum Gasteiger partial charge on any atom is 0.341 e. The molecule has 3 aromatic rings. The van der Waals surface area contributed by atoms with Crippen LogP contribution in [0.4, 0.5) is 5.00 Å². The molecule has 0 aliphatic carbocycles. The Kier molecular flexibility index (Phi) is 5.18. The second kappa shape index (κ2) is 7.53. The molecule has 2 N–H and O–H groups in total. The van der Waals surface area contributed by atoms with Crippen LogP contribution in [0.15, 0.2) is 40.8 Å². The van der Waals surface area contributed by atoms with E-state index in [1.165, 1.54) is 11.3 Å². The van der Waals surface area contributed by atoms with Gasteiger partial charge in [-0.25, -0.2) is 4.79 Å².